The minimum atomic E-state index is -3.50. The van der Waals surface area contributed by atoms with Crippen molar-refractivity contribution in [1.29, 1.82) is 0 Å². The zero-order chi connectivity index (χ0) is 14.4. The fourth-order valence-electron chi connectivity index (χ4n) is 2.18. The van der Waals surface area contributed by atoms with E-state index in [4.69, 9.17) is 0 Å². The second-order valence-electron chi connectivity index (χ2n) is 4.94. The Kier molecular flexibility index (Phi) is 5.53. The van der Waals surface area contributed by atoms with E-state index >= 15 is 0 Å². The normalized spacial score (nSPS) is 17.4. The molecule has 2 N–H and O–H groups in total. The summed E-state index contributed by atoms with van der Waals surface area (Å²) in [5.74, 6) is 0. The largest absolute Gasteiger partial charge is 0.315 e. The monoisotopic (exact) mass is 301 g/mol. The number of hydrazine groups is 1. The standard InChI is InChI=1S/C12H23N5O2S/c1-2-13-6-9-17-11-12(10-14-17)20(18,19)15-16-7-4-3-5-8-16/h10-11,13,15H,2-9H2,1H3. The van der Waals surface area contributed by atoms with Gasteiger partial charge in [0, 0.05) is 25.8 Å². The third kappa shape index (κ3) is 4.27. The molecule has 1 aliphatic heterocycles. The number of sulfonamides is 1. The van der Waals surface area contributed by atoms with Gasteiger partial charge < -0.3 is 5.32 Å². The van der Waals surface area contributed by atoms with Crippen LogP contribution in [0.5, 0.6) is 0 Å². The lowest BCUT2D eigenvalue weighted by Crippen LogP contribution is -2.44. The molecule has 7 nitrogen and oxygen atoms in total. The van der Waals surface area contributed by atoms with E-state index in [2.05, 4.69) is 15.2 Å². The average Bonchev–Trinajstić information content (AvgIpc) is 2.89. The van der Waals surface area contributed by atoms with Crippen LogP contribution in [0.1, 0.15) is 26.2 Å². The highest BCUT2D eigenvalue weighted by Crippen LogP contribution is 2.11. The van der Waals surface area contributed by atoms with Crippen LogP contribution in [-0.2, 0) is 16.6 Å². The second kappa shape index (κ2) is 7.16. The Morgan fingerprint density at radius 3 is 2.75 bits per heavy atom. The van der Waals surface area contributed by atoms with Crippen molar-refractivity contribution in [1.82, 2.24) is 24.9 Å². The fraction of sp³-hybridized carbons (Fsp3) is 0.750. The van der Waals surface area contributed by atoms with E-state index in [1.54, 1.807) is 15.9 Å². The van der Waals surface area contributed by atoms with Gasteiger partial charge >= 0.3 is 0 Å². The molecule has 0 unspecified atom stereocenters. The Hall–Kier alpha value is -0.960. The summed E-state index contributed by atoms with van der Waals surface area (Å²) < 4.78 is 26.1. The Bertz CT molecular complexity index is 508. The highest BCUT2D eigenvalue weighted by atomic mass is 32.2. The molecule has 2 rings (SSSR count). The molecule has 0 aliphatic carbocycles. The second-order valence-corrected chi connectivity index (χ2v) is 6.60. The van der Waals surface area contributed by atoms with Crippen molar-refractivity contribution in [2.75, 3.05) is 26.2 Å². The van der Waals surface area contributed by atoms with Crippen LogP contribution in [-0.4, -0.2) is 49.4 Å². The van der Waals surface area contributed by atoms with Crippen LogP contribution in [0.4, 0.5) is 0 Å². The molecule has 0 atom stereocenters. The SMILES string of the molecule is CCNCCn1cc(S(=O)(=O)NN2CCCCC2)cn1. The molecule has 0 aromatic carbocycles. The Morgan fingerprint density at radius 2 is 2.05 bits per heavy atom. The molecule has 0 bridgehead atoms. The molecule has 0 radical (unpaired) electrons. The van der Waals surface area contributed by atoms with E-state index in [0.717, 1.165) is 39.0 Å². The summed E-state index contributed by atoms with van der Waals surface area (Å²) in [5, 5.41) is 9.04. The first-order valence-corrected chi connectivity index (χ1v) is 8.60. The highest BCUT2D eigenvalue weighted by molar-refractivity contribution is 7.89. The summed E-state index contributed by atoms with van der Waals surface area (Å²) in [7, 11) is -3.50. The summed E-state index contributed by atoms with van der Waals surface area (Å²) in [4.78, 5) is 2.85. The van der Waals surface area contributed by atoms with E-state index in [1.165, 1.54) is 12.6 Å². The van der Waals surface area contributed by atoms with Crippen molar-refractivity contribution >= 4 is 10.0 Å². The molecule has 0 spiro atoms. The third-order valence-electron chi connectivity index (χ3n) is 3.29. The van der Waals surface area contributed by atoms with Gasteiger partial charge in [-0.05, 0) is 19.4 Å². The van der Waals surface area contributed by atoms with Gasteiger partial charge in [-0.15, -0.1) is 4.83 Å². The molecule has 2 heterocycles. The first-order valence-electron chi connectivity index (χ1n) is 7.12. The van der Waals surface area contributed by atoms with Crippen molar-refractivity contribution in [3.05, 3.63) is 12.4 Å². The topological polar surface area (TPSA) is 79.3 Å². The van der Waals surface area contributed by atoms with Crippen molar-refractivity contribution in [3.8, 4) is 0 Å². The summed E-state index contributed by atoms with van der Waals surface area (Å²) in [6, 6.07) is 0. The van der Waals surface area contributed by atoms with Crippen molar-refractivity contribution in [3.63, 3.8) is 0 Å². The smallest absolute Gasteiger partial charge is 0.256 e. The van der Waals surface area contributed by atoms with Crippen molar-refractivity contribution < 1.29 is 8.42 Å². The fourth-order valence-corrected chi connectivity index (χ4v) is 3.26. The van der Waals surface area contributed by atoms with Gasteiger partial charge in [0.1, 0.15) is 4.90 Å². The third-order valence-corrected chi connectivity index (χ3v) is 4.62. The lowest BCUT2D eigenvalue weighted by atomic mass is 10.2. The molecule has 8 heteroatoms. The molecular weight excluding hydrogens is 278 g/mol. The molecular formula is C12H23N5O2S. The van der Waals surface area contributed by atoms with Gasteiger partial charge in [-0.3, -0.25) is 4.68 Å². The molecule has 0 amide bonds. The molecule has 1 aromatic heterocycles. The zero-order valence-electron chi connectivity index (χ0n) is 11.9. The van der Waals surface area contributed by atoms with Crippen LogP contribution in [0.3, 0.4) is 0 Å². The van der Waals surface area contributed by atoms with E-state index in [-0.39, 0.29) is 4.90 Å². The zero-order valence-corrected chi connectivity index (χ0v) is 12.7. The van der Waals surface area contributed by atoms with Crippen LogP contribution in [0.2, 0.25) is 0 Å². The van der Waals surface area contributed by atoms with E-state index in [0.29, 0.717) is 6.54 Å². The van der Waals surface area contributed by atoms with Gasteiger partial charge in [0.15, 0.2) is 0 Å². The number of hydrogen-bond acceptors (Lipinski definition) is 5. The van der Waals surface area contributed by atoms with Crippen LogP contribution >= 0.6 is 0 Å². The summed E-state index contributed by atoms with van der Waals surface area (Å²) in [6.07, 6.45) is 6.21. The summed E-state index contributed by atoms with van der Waals surface area (Å²) >= 11 is 0. The van der Waals surface area contributed by atoms with Gasteiger partial charge in [0.25, 0.3) is 10.0 Å². The molecule has 0 saturated carbocycles. The molecule has 114 valence electrons. The molecule has 1 aromatic rings. The Balaban J connectivity index is 1.94. The first kappa shape index (κ1) is 15.4. The predicted molar refractivity (Wildman–Crippen MR) is 76.5 cm³/mol. The maximum Gasteiger partial charge on any atom is 0.256 e. The molecule has 20 heavy (non-hydrogen) atoms. The lowest BCUT2D eigenvalue weighted by Gasteiger charge is -2.26. The van der Waals surface area contributed by atoms with Gasteiger partial charge in [0.2, 0.25) is 0 Å². The lowest BCUT2D eigenvalue weighted by molar-refractivity contribution is 0.200. The number of aromatic nitrogens is 2. The number of piperidine rings is 1. The number of rotatable bonds is 7. The van der Waals surface area contributed by atoms with Crippen molar-refractivity contribution in [2.45, 2.75) is 37.6 Å². The van der Waals surface area contributed by atoms with Crippen LogP contribution in [0.15, 0.2) is 17.3 Å². The quantitative estimate of drug-likeness (QED) is 0.702. The predicted octanol–water partition coefficient (Wildman–Crippen LogP) is 0.172. The van der Waals surface area contributed by atoms with Gasteiger partial charge in [-0.25, -0.2) is 13.4 Å². The van der Waals surface area contributed by atoms with Crippen LogP contribution < -0.4 is 10.1 Å². The average molecular weight is 301 g/mol. The van der Waals surface area contributed by atoms with Gasteiger partial charge in [-0.2, -0.15) is 5.10 Å². The maximum atomic E-state index is 12.2. The van der Waals surface area contributed by atoms with E-state index in [1.807, 2.05) is 6.92 Å². The minimum Gasteiger partial charge on any atom is -0.315 e. The van der Waals surface area contributed by atoms with Crippen LogP contribution in [0.25, 0.3) is 0 Å². The summed E-state index contributed by atoms with van der Waals surface area (Å²) in [6.45, 7) is 5.90. The van der Waals surface area contributed by atoms with E-state index < -0.39 is 10.0 Å². The number of likely N-dealkylation sites (N-methyl/N-ethyl adjacent to an activating group) is 1. The Labute approximate surface area is 120 Å². The van der Waals surface area contributed by atoms with E-state index in [9.17, 15) is 8.42 Å². The van der Waals surface area contributed by atoms with Crippen molar-refractivity contribution in [2.24, 2.45) is 0 Å². The van der Waals surface area contributed by atoms with Gasteiger partial charge in [0.05, 0.1) is 12.7 Å². The highest BCUT2D eigenvalue weighted by Gasteiger charge is 2.21. The first-order chi connectivity index (χ1) is 9.62. The Morgan fingerprint density at radius 1 is 1.30 bits per heavy atom. The number of hydrogen-bond donors (Lipinski definition) is 2. The maximum absolute atomic E-state index is 12.2. The van der Waals surface area contributed by atoms with Crippen LogP contribution in [0, 0.1) is 0 Å². The number of nitrogens with one attached hydrogen (secondary N) is 2. The molecule has 1 saturated heterocycles. The molecule has 1 aliphatic rings. The molecule has 1 fully saturated rings. The minimum absolute atomic E-state index is 0.222. The summed E-state index contributed by atoms with van der Waals surface area (Å²) in [5.41, 5.74) is 0. The number of nitrogens with zero attached hydrogens (tertiary/aromatic N) is 3. The van der Waals surface area contributed by atoms with Gasteiger partial charge in [-0.1, -0.05) is 13.3 Å².